The molecule has 4 aliphatic rings. The molecule has 0 aromatic heterocycles. The minimum absolute atomic E-state index is 0.0600. The van der Waals surface area contributed by atoms with Crippen molar-refractivity contribution in [1.82, 2.24) is 4.90 Å². The van der Waals surface area contributed by atoms with Crippen LogP contribution in [0, 0.1) is 23.6 Å². The lowest BCUT2D eigenvalue weighted by molar-refractivity contribution is -0.149. The van der Waals surface area contributed by atoms with Crippen LogP contribution < -0.4 is 0 Å². The van der Waals surface area contributed by atoms with Crippen molar-refractivity contribution in [1.29, 1.82) is 0 Å². The summed E-state index contributed by atoms with van der Waals surface area (Å²) in [6, 6.07) is 6.09. The Morgan fingerprint density at radius 1 is 1.11 bits per heavy atom. The summed E-state index contributed by atoms with van der Waals surface area (Å²) in [7, 11) is 1.38. The normalized spacial score (nSPS) is 30.6. The Kier molecular flexibility index (Phi) is 5.26. The fourth-order valence-corrected chi connectivity index (χ4v) is 6.11. The molecule has 1 aromatic carbocycles. The zero-order valence-corrected chi connectivity index (χ0v) is 16.4. The van der Waals surface area contributed by atoms with Crippen molar-refractivity contribution in [3.05, 3.63) is 41.7 Å². The van der Waals surface area contributed by atoms with Crippen LogP contribution in [-0.4, -0.2) is 36.0 Å². The molecule has 4 bridgehead atoms. The fourth-order valence-electron chi connectivity index (χ4n) is 6.11. The third kappa shape index (κ3) is 3.85. The van der Waals surface area contributed by atoms with Gasteiger partial charge in [0, 0.05) is 18.2 Å². The van der Waals surface area contributed by atoms with E-state index in [-0.39, 0.29) is 29.7 Å². The zero-order chi connectivity index (χ0) is 19.7. The summed E-state index contributed by atoms with van der Waals surface area (Å²) in [5.74, 6) is 1.49. The van der Waals surface area contributed by atoms with Crippen LogP contribution in [0.1, 0.15) is 50.5 Å². The van der Waals surface area contributed by atoms with Crippen molar-refractivity contribution >= 4 is 18.0 Å². The fraction of sp³-hybridized carbons (Fsp3) is 0.565. The SMILES string of the molecule is COC(=O)CCN(C(=O)/C=C/c1ccc(F)cc1)C12CC3CC(CC(C3)C1)C2. The molecule has 4 saturated carbocycles. The van der Waals surface area contributed by atoms with Gasteiger partial charge in [0.05, 0.1) is 13.5 Å². The molecular formula is C23H28FNO3. The molecule has 0 radical (unpaired) electrons. The molecule has 4 aliphatic carbocycles. The lowest BCUT2D eigenvalue weighted by Crippen LogP contribution is -2.61. The van der Waals surface area contributed by atoms with Gasteiger partial charge in [-0.05, 0) is 80.1 Å². The van der Waals surface area contributed by atoms with Crippen molar-refractivity contribution in [3.63, 3.8) is 0 Å². The Hall–Kier alpha value is -2.17. The number of hydrogen-bond donors (Lipinski definition) is 0. The highest BCUT2D eigenvalue weighted by atomic mass is 19.1. The van der Waals surface area contributed by atoms with E-state index in [1.807, 2.05) is 4.90 Å². The third-order valence-corrected chi connectivity index (χ3v) is 6.90. The molecule has 0 atom stereocenters. The smallest absolute Gasteiger partial charge is 0.307 e. The molecule has 0 N–H and O–H groups in total. The number of ether oxygens (including phenoxy) is 1. The summed E-state index contributed by atoms with van der Waals surface area (Å²) in [4.78, 5) is 26.9. The predicted molar refractivity (Wildman–Crippen MR) is 105 cm³/mol. The Balaban J connectivity index is 1.55. The standard InChI is InChI=1S/C23H28FNO3/c1-28-22(27)8-9-25(21(26)7-4-16-2-5-20(24)6-3-16)23-13-17-10-18(14-23)12-19(11-17)15-23/h2-7,17-19H,8-15H2,1H3/b7-4+. The third-order valence-electron chi connectivity index (χ3n) is 6.90. The molecule has 150 valence electrons. The van der Waals surface area contributed by atoms with Gasteiger partial charge in [0.15, 0.2) is 0 Å². The summed E-state index contributed by atoms with van der Waals surface area (Å²) in [5, 5.41) is 0. The number of carbonyl (C=O) groups excluding carboxylic acids is 2. The highest BCUT2D eigenvalue weighted by Gasteiger charge is 2.54. The van der Waals surface area contributed by atoms with Gasteiger partial charge in [-0.3, -0.25) is 9.59 Å². The largest absolute Gasteiger partial charge is 0.469 e. The van der Waals surface area contributed by atoms with Gasteiger partial charge < -0.3 is 9.64 Å². The molecule has 0 heterocycles. The summed E-state index contributed by atoms with van der Waals surface area (Å²) in [5.41, 5.74) is 0.667. The van der Waals surface area contributed by atoms with Gasteiger partial charge in [0.25, 0.3) is 0 Å². The molecule has 4 fully saturated rings. The van der Waals surface area contributed by atoms with E-state index in [2.05, 4.69) is 0 Å². The molecule has 28 heavy (non-hydrogen) atoms. The van der Waals surface area contributed by atoms with Crippen LogP contribution in [-0.2, 0) is 14.3 Å². The van der Waals surface area contributed by atoms with Gasteiger partial charge in [0.1, 0.15) is 5.82 Å². The first kappa shape index (κ1) is 19.2. The van der Waals surface area contributed by atoms with Crippen molar-refractivity contribution in [2.75, 3.05) is 13.7 Å². The highest BCUT2D eigenvalue weighted by Crippen LogP contribution is 2.57. The maximum Gasteiger partial charge on any atom is 0.307 e. The van der Waals surface area contributed by atoms with E-state index in [4.69, 9.17) is 4.74 Å². The Morgan fingerprint density at radius 3 is 2.21 bits per heavy atom. The van der Waals surface area contributed by atoms with E-state index >= 15 is 0 Å². The average Bonchev–Trinajstić information content (AvgIpc) is 2.66. The Labute approximate surface area is 165 Å². The number of nitrogens with zero attached hydrogens (tertiary/aromatic N) is 1. The van der Waals surface area contributed by atoms with E-state index < -0.39 is 0 Å². The number of hydrogen-bond acceptors (Lipinski definition) is 3. The molecule has 0 saturated heterocycles. The maximum absolute atomic E-state index is 13.2. The van der Waals surface area contributed by atoms with Gasteiger partial charge in [-0.25, -0.2) is 4.39 Å². The van der Waals surface area contributed by atoms with E-state index in [1.165, 1.54) is 38.5 Å². The Bertz CT molecular complexity index is 735. The van der Waals surface area contributed by atoms with Gasteiger partial charge in [-0.2, -0.15) is 0 Å². The summed E-state index contributed by atoms with van der Waals surface area (Å²) in [6.45, 7) is 0.394. The quantitative estimate of drug-likeness (QED) is 0.545. The van der Waals surface area contributed by atoms with Crippen LogP contribution in [0.3, 0.4) is 0 Å². The molecule has 0 aliphatic heterocycles. The molecule has 5 rings (SSSR count). The first-order chi connectivity index (χ1) is 13.5. The van der Waals surface area contributed by atoms with Gasteiger partial charge in [0.2, 0.25) is 5.91 Å². The Morgan fingerprint density at radius 2 is 1.68 bits per heavy atom. The first-order valence-electron chi connectivity index (χ1n) is 10.3. The number of carbonyl (C=O) groups is 2. The number of methoxy groups -OCH3 is 1. The first-order valence-corrected chi connectivity index (χ1v) is 10.3. The van der Waals surface area contributed by atoms with Crippen LogP contribution in [0.4, 0.5) is 4.39 Å². The molecular weight excluding hydrogens is 357 g/mol. The van der Waals surface area contributed by atoms with E-state index in [9.17, 15) is 14.0 Å². The molecule has 0 unspecified atom stereocenters. The topological polar surface area (TPSA) is 46.6 Å². The second-order valence-corrected chi connectivity index (χ2v) is 8.84. The lowest BCUT2D eigenvalue weighted by Gasteiger charge is -2.60. The number of amides is 1. The maximum atomic E-state index is 13.2. The minimum Gasteiger partial charge on any atom is -0.469 e. The minimum atomic E-state index is -0.295. The monoisotopic (exact) mass is 385 g/mol. The van der Waals surface area contributed by atoms with Crippen molar-refractivity contribution in [2.45, 2.75) is 50.5 Å². The second-order valence-electron chi connectivity index (χ2n) is 8.84. The van der Waals surface area contributed by atoms with Crippen molar-refractivity contribution in [2.24, 2.45) is 17.8 Å². The number of benzene rings is 1. The highest BCUT2D eigenvalue weighted by molar-refractivity contribution is 5.92. The summed E-state index contributed by atoms with van der Waals surface area (Å²) >= 11 is 0. The van der Waals surface area contributed by atoms with Gasteiger partial charge >= 0.3 is 5.97 Å². The molecule has 1 amide bonds. The van der Waals surface area contributed by atoms with Crippen LogP contribution >= 0.6 is 0 Å². The molecule has 1 aromatic rings. The van der Waals surface area contributed by atoms with Crippen LogP contribution in [0.25, 0.3) is 6.08 Å². The summed E-state index contributed by atoms with van der Waals surface area (Å²) < 4.78 is 17.9. The van der Waals surface area contributed by atoms with Gasteiger partial charge in [-0.1, -0.05) is 12.1 Å². The molecule has 0 spiro atoms. The lowest BCUT2D eigenvalue weighted by atomic mass is 9.52. The zero-order valence-electron chi connectivity index (χ0n) is 16.4. The van der Waals surface area contributed by atoms with Crippen molar-refractivity contribution < 1.29 is 18.7 Å². The molecule has 5 heteroatoms. The predicted octanol–water partition coefficient (Wildman–Crippen LogP) is 4.20. The average molecular weight is 385 g/mol. The van der Waals surface area contributed by atoms with E-state index in [0.29, 0.717) is 24.3 Å². The van der Waals surface area contributed by atoms with Gasteiger partial charge in [-0.15, -0.1) is 0 Å². The second kappa shape index (κ2) is 7.69. The number of esters is 1. The van der Waals surface area contributed by atoms with Crippen LogP contribution in [0.15, 0.2) is 30.3 Å². The van der Waals surface area contributed by atoms with E-state index in [1.54, 1.807) is 24.3 Å². The van der Waals surface area contributed by atoms with Crippen molar-refractivity contribution in [3.8, 4) is 0 Å². The van der Waals surface area contributed by atoms with Crippen LogP contribution in [0.5, 0.6) is 0 Å². The van der Waals surface area contributed by atoms with Crippen LogP contribution in [0.2, 0.25) is 0 Å². The number of rotatable bonds is 6. The molecule has 4 nitrogen and oxygen atoms in total. The number of halogens is 1. The summed E-state index contributed by atoms with van der Waals surface area (Å²) in [6.07, 6.45) is 10.6. The van der Waals surface area contributed by atoms with E-state index in [0.717, 1.165) is 24.8 Å².